The quantitative estimate of drug-likeness (QED) is 0.598. The molecule has 0 radical (unpaired) electrons. The van der Waals surface area contributed by atoms with Gasteiger partial charge in [0.1, 0.15) is 18.4 Å². The van der Waals surface area contributed by atoms with Gasteiger partial charge in [0, 0.05) is 13.0 Å². The predicted molar refractivity (Wildman–Crippen MR) is 106 cm³/mol. The van der Waals surface area contributed by atoms with Gasteiger partial charge in [0.25, 0.3) is 0 Å². The Bertz CT molecular complexity index is 745. The molecule has 0 heterocycles. The average Bonchev–Trinajstić information content (AvgIpc) is 2.70. The molecule has 1 atom stereocenters. The average molecular weight is 385 g/mol. The summed E-state index contributed by atoms with van der Waals surface area (Å²) in [4.78, 5) is 25.9. The molecule has 0 aliphatic heterocycles. The number of unbranched alkanes of at least 4 members (excludes halogenated alkanes) is 2. The molecule has 0 saturated heterocycles. The second kappa shape index (κ2) is 11.0. The van der Waals surface area contributed by atoms with E-state index in [4.69, 9.17) is 4.74 Å². The zero-order chi connectivity index (χ0) is 20.4. The number of aliphatic carboxylic acids is 1. The van der Waals surface area contributed by atoms with Crippen molar-refractivity contribution < 1.29 is 24.5 Å². The zero-order valence-electron chi connectivity index (χ0n) is 16.1. The van der Waals surface area contributed by atoms with E-state index < -0.39 is 18.1 Å². The molecule has 150 valence electrons. The van der Waals surface area contributed by atoms with Crippen LogP contribution in [0.25, 0.3) is 0 Å². The Kier molecular flexibility index (Phi) is 8.34. The number of hydrogen-bond donors (Lipinski definition) is 2. The number of phenolic OH excluding ortho intramolecular Hbond substituents is 1. The summed E-state index contributed by atoms with van der Waals surface area (Å²) in [5.41, 5.74) is 1.57. The molecule has 0 spiro atoms. The minimum Gasteiger partial charge on any atom is -0.508 e. The molecule has 0 aliphatic rings. The van der Waals surface area contributed by atoms with Crippen LogP contribution in [0.5, 0.6) is 5.75 Å². The Morgan fingerprint density at radius 2 is 1.68 bits per heavy atom. The van der Waals surface area contributed by atoms with E-state index in [1.54, 1.807) is 12.1 Å². The molecule has 0 fully saturated rings. The molecule has 2 rings (SSSR count). The molecule has 2 aromatic carbocycles. The smallest absolute Gasteiger partial charge is 0.410 e. The van der Waals surface area contributed by atoms with Gasteiger partial charge < -0.3 is 14.9 Å². The van der Waals surface area contributed by atoms with E-state index in [9.17, 15) is 19.8 Å². The van der Waals surface area contributed by atoms with Crippen molar-refractivity contribution in [3.05, 3.63) is 65.7 Å². The Hall–Kier alpha value is -3.02. The SMILES string of the molecule is CCCCCN(C(=O)OCc1ccccc1)C(Cc1ccc(O)cc1)C(=O)O. The van der Waals surface area contributed by atoms with E-state index >= 15 is 0 Å². The summed E-state index contributed by atoms with van der Waals surface area (Å²) in [6.07, 6.45) is 2.07. The largest absolute Gasteiger partial charge is 0.508 e. The van der Waals surface area contributed by atoms with Crippen LogP contribution in [-0.4, -0.2) is 39.8 Å². The minimum atomic E-state index is -1.08. The van der Waals surface area contributed by atoms with Crippen LogP contribution in [0.3, 0.4) is 0 Å². The molecule has 6 nitrogen and oxygen atoms in total. The van der Waals surface area contributed by atoms with E-state index in [1.165, 1.54) is 17.0 Å². The van der Waals surface area contributed by atoms with E-state index in [2.05, 4.69) is 0 Å². The lowest BCUT2D eigenvalue weighted by molar-refractivity contribution is -0.142. The lowest BCUT2D eigenvalue weighted by Gasteiger charge is -2.28. The first-order valence-electron chi connectivity index (χ1n) is 9.49. The zero-order valence-corrected chi connectivity index (χ0v) is 16.1. The number of carboxylic acid groups (broad SMARTS) is 1. The van der Waals surface area contributed by atoms with E-state index in [0.717, 1.165) is 24.0 Å². The van der Waals surface area contributed by atoms with Gasteiger partial charge in [0.05, 0.1) is 0 Å². The van der Waals surface area contributed by atoms with Crippen LogP contribution in [0.4, 0.5) is 4.79 Å². The first-order chi connectivity index (χ1) is 13.5. The fraction of sp³-hybridized carbons (Fsp3) is 0.364. The fourth-order valence-electron chi connectivity index (χ4n) is 2.89. The van der Waals surface area contributed by atoms with E-state index in [-0.39, 0.29) is 18.8 Å². The lowest BCUT2D eigenvalue weighted by atomic mass is 10.0. The highest BCUT2D eigenvalue weighted by Gasteiger charge is 2.30. The topological polar surface area (TPSA) is 87.1 Å². The number of carbonyl (C=O) groups excluding carboxylic acids is 1. The number of amides is 1. The van der Waals surface area contributed by atoms with Gasteiger partial charge in [-0.05, 0) is 29.7 Å². The molecule has 1 amide bonds. The van der Waals surface area contributed by atoms with Crippen molar-refractivity contribution in [3.63, 3.8) is 0 Å². The van der Waals surface area contributed by atoms with Crippen LogP contribution in [-0.2, 0) is 22.6 Å². The third-order valence-electron chi connectivity index (χ3n) is 4.47. The molecular formula is C22H27NO5. The van der Waals surface area contributed by atoms with Crippen molar-refractivity contribution in [1.29, 1.82) is 0 Å². The number of ether oxygens (including phenoxy) is 1. The first kappa shape index (κ1) is 21.3. The summed E-state index contributed by atoms with van der Waals surface area (Å²) in [6, 6.07) is 14.6. The predicted octanol–water partition coefficient (Wildman–Crippen LogP) is 4.22. The van der Waals surface area contributed by atoms with E-state index in [1.807, 2.05) is 37.3 Å². The summed E-state index contributed by atoms with van der Waals surface area (Å²) in [7, 11) is 0. The van der Waals surface area contributed by atoms with Gasteiger partial charge in [-0.15, -0.1) is 0 Å². The van der Waals surface area contributed by atoms with E-state index in [0.29, 0.717) is 13.0 Å². The molecule has 0 aliphatic carbocycles. The van der Waals surface area contributed by atoms with Crippen molar-refractivity contribution in [2.45, 2.75) is 45.3 Å². The maximum Gasteiger partial charge on any atom is 0.410 e. The Balaban J connectivity index is 2.12. The molecule has 28 heavy (non-hydrogen) atoms. The third-order valence-corrected chi connectivity index (χ3v) is 4.47. The summed E-state index contributed by atoms with van der Waals surface area (Å²) < 4.78 is 5.39. The van der Waals surface area contributed by atoms with Gasteiger partial charge >= 0.3 is 12.1 Å². The first-order valence-corrected chi connectivity index (χ1v) is 9.49. The number of rotatable bonds is 10. The highest BCUT2D eigenvalue weighted by molar-refractivity contribution is 5.80. The normalized spacial score (nSPS) is 11.6. The molecule has 1 unspecified atom stereocenters. The van der Waals surface area contributed by atoms with Gasteiger partial charge in [0.15, 0.2) is 0 Å². The summed E-state index contributed by atoms with van der Waals surface area (Å²) in [6.45, 7) is 2.45. The second-order valence-electron chi connectivity index (χ2n) is 6.67. The minimum absolute atomic E-state index is 0.0928. The monoisotopic (exact) mass is 385 g/mol. The van der Waals surface area contributed by atoms with Gasteiger partial charge in [-0.2, -0.15) is 0 Å². The second-order valence-corrected chi connectivity index (χ2v) is 6.67. The lowest BCUT2D eigenvalue weighted by Crippen LogP contribution is -2.47. The highest BCUT2D eigenvalue weighted by atomic mass is 16.6. The van der Waals surface area contributed by atoms with Crippen molar-refractivity contribution >= 4 is 12.1 Å². The third kappa shape index (κ3) is 6.61. The molecule has 2 aromatic rings. The fourth-order valence-corrected chi connectivity index (χ4v) is 2.89. The number of benzene rings is 2. The number of nitrogens with zero attached hydrogens (tertiary/aromatic N) is 1. The summed E-state index contributed by atoms with van der Waals surface area (Å²) in [5, 5.41) is 19.2. The van der Waals surface area contributed by atoms with Crippen molar-refractivity contribution in [2.75, 3.05) is 6.54 Å². The number of hydrogen-bond acceptors (Lipinski definition) is 4. The number of carboxylic acids is 1. The van der Waals surface area contributed by atoms with Gasteiger partial charge in [-0.25, -0.2) is 9.59 Å². The molecular weight excluding hydrogens is 358 g/mol. The standard InChI is InChI=1S/C22H27NO5/c1-2-3-7-14-23(22(27)28-16-18-8-5-4-6-9-18)20(21(25)26)15-17-10-12-19(24)13-11-17/h4-6,8-13,20,24H,2-3,7,14-16H2,1H3,(H,25,26). The Morgan fingerprint density at radius 3 is 2.29 bits per heavy atom. The molecule has 6 heteroatoms. The van der Waals surface area contributed by atoms with Crippen LogP contribution in [0.15, 0.2) is 54.6 Å². The van der Waals surface area contributed by atoms with Gasteiger partial charge in [-0.1, -0.05) is 62.2 Å². The maximum atomic E-state index is 12.7. The van der Waals surface area contributed by atoms with Crippen molar-refractivity contribution in [1.82, 2.24) is 4.90 Å². The van der Waals surface area contributed by atoms with Crippen molar-refractivity contribution in [2.24, 2.45) is 0 Å². The number of aromatic hydroxyl groups is 1. The molecule has 2 N–H and O–H groups in total. The van der Waals surface area contributed by atoms with Crippen LogP contribution >= 0.6 is 0 Å². The van der Waals surface area contributed by atoms with Crippen molar-refractivity contribution in [3.8, 4) is 5.75 Å². The summed E-state index contributed by atoms with van der Waals surface area (Å²) >= 11 is 0. The molecule has 0 bridgehead atoms. The van der Waals surface area contributed by atoms with Crippen LogP contribution < -0.4 is 0 Å². The summed E-state index contributed by atoms with van der Waals surface area (Å²) in [5.74, 6) is -0.973. The Morgan fingerprint density at radius 1 is 1.00 bits per heavy atom. The Labute approximate surface area is 165 Å². The molecule has 0 aromatic heterocycles. The van der Waals surface area contributed by atoms with Crippen LogP contribution in [0, 0.1) is 0 Å². The van der Waals surface area contributed by atoms with Crippen LogP contribution in [0.1, 0.15) is 37.3 Å². The number of carbonyl (C=O) groups is 2. The highest BCUT2D eigenvalue weighted by Crippen LogP contribution is 2.16. The molecule has 0 saturated carbocycles. The van der Waals surface area contributed by atoms with Crippen LogP contribution in [0.2, 0.25) is 0 Å². The maximum absolute atomic E-state index is 12.7. The van der Waals surface area contributed by atoms with Gasteiger partial charge in [0.2, 0.25) is 0 Å². The number of phenols is 1. The van der Waals surface area contributed by atoms with Gasteiger partial charge in [-0.3, -0.25) is 4.90 Å².